The Hall–Kier alpha value is -2.41. The van der Waals surface area contributed by atoms with Gasteiger partial charge in [0.2, 0.25) is 0 Å². The molecule has 0 unspecified atom stereocenters. The molecule has 0 bridgehead atoms. The maximum Gasteiger partial charge on any atom is 0.274 e. The Balaban J connectivity index is 1.50. The third-order valence-electron chi connectivity index (χ3n) is 4.21. The van der Waals surface area contributed by atoms with Crippen molar-refractivity contribution in [2.24, 2.45) is 0 Å². The molecular weight excluding hydrogens is 310 g/mol. The number of likely N-dealkylation sites (tertiary alicyclic amines) is 1. The van der Waals surface area contributed by atoms with Gasteiger partial charge in [-0.05, 0) is 30.4 Å². The van der Waals surface area contributed by atoms with Gasteiger partial charge in [0.1, 0.15) is 0 Å². The van der Waals surface area contributed by atoms with Crippen molar-refractivity contribution in [3.05, 3.63) is 48.0 Å². The van der Waals surface area contributed by atoms with Gasteiger partial charge in [-0.1, -0.05) is 6.07 Å². The van der Waals surface area contributed by atoms with Gasteiger partial charge < -0.3 is 9.47 Å². The Morgan fingerprint density at radius 2 is 2.39 bits per heavy atom. The van der Waals surface area contributed by atoms with Gasteiger partial charge in [-0.15, -0.1) is 11.3 Å². The Kier molecular flexibility index (Phi) is 3.70. The summed E-state index contributed by atoms with van der Waals surface area (Å²) in [4.78, 5) is 19.8. The van der Waals surface area contributed by atoms with Crippen molar-refractivity contribution >= 4 is 17.2 Å². The monoisotopic (exact) mass is 327 g/mol. The van der Waals surface area contributed by atoms with Crippen molar-refractivity contribution in [2.45, 2.75) is 18.9 Å². The number of carbonyl (C=O) groups excluding carboxylic acids is 1. The Bertz CT molecular complexity index is 777. The van der Waals surface area contributed by atoms with Gasteiger partial charge in [0.15, 0.2) is 5.69 Å². The van der Waals surface area contributed by atoms with Gasteiger partial charge in [0.05, 0.1) is 22.9 Å². The lowest BCUT2D eigenvalue weighted by Crippen LogP contribution is -2.40. The van der Waals surface area contributed by atoms with Crippen molar-refractivity contribution < 1.29 is 4.79 Å². The van der Waals surface area contributed by atoms with Gasteiger partial charge >= 0.3 is 0 Å². The van der Waals surface area contributed by atoms with E-state index in [1.54, 1.807) is 17.5 Å². The summed E-state index contributed by atoms with van der Waals surface area (Å²) in [5, 5.41) is 9.18. The quantitative estimate of drug-likeness (QED) is 0.804. The first-order valence-corrected chi connectivity index (χ1v) is 8.55. The smallest absolute Gasteiger partial charge is 0.274 e. The molecule has 0 aromatic carbocycles. The van der Waals surface area contributed by atoms with Crippen molar-refractivity contribution in [3.8, 4) is 10.6 Å². The minimum atomic E-state index is -0.00567. The summed E-state index contributed by atoms with van der Waals surface area (Å²) in [6, 6.07) is 6.14. The molecule has 3 aromatic rings. The number of thiophene rings is 1. The van der Waals surface area contributed by atoms with Crippen LogP contribution >= 0.6 is 11.3 Å². The molecule has 23 heavy (non-hydrogen) atoms. The van der Waals surface area contributed by atoms with Gasteiger partial charge in [-0.3, -0.25) is 9.89 Å². The molecule has 3 aromatic heterocycles. The van der Waals surface area contributed by atoms with Crippen LogP contribution in [0.15, 0.2) is 42.3 Å². The molecule has 1 fully saturated rings. The molecule has 1 aliphatic rings. The highest BCUT2D eigenvalue weighted by molar-refractivity contribution is 7.13. The first-order valence-electron chi connectivity index (χ1n) is 7.67. The number of nitrogens with one attached hydrogen (secondary N) is 1. The number of aromatic amines is 1. The standard InChI is InChI=1S/C16H17N5OS/c22-16(14-9-13(18-19-14)15-4-2-8-23-15)20-6-1-3-12(10-20)21-7-5-17-11-21/h2,4-5,7-9,11-12H,1,3,6,10H2,(H,18,19)/t12-/m1/s1. The summed E-state index contributed by atoms with van der Waals surface area (Å²) >= 11 is 1.63. The molecule has 6 nitrogen and oxygen atoms in total. The summed E-state index contributed by atoms with van der Waals surface area (Å²) in [5.74, 6) is -0.00567. The number of hydrogen-bond acceptors (Lipinski definition) is 4. The molecule has 1 N–H and O–H groups in total. The number of H-pyrrole nitrogens is 1. The molecule has 4 rings (SSSR count). The van der Waals surface area contributed by atoms with Gasteiger partial charge in [0.25, 0.3) is 5.91 Å². The fraction of sp³-hybridized carbons (Fsp3) is 0.312. The topological polar surface area (TPSA) is 66.8 Å². The van der Waals surface area contributed by atoms with E-state index in [4.69, 9.17) is 0 Å². The van der Waals surface area contributed by atoms with E-state index in [1.807, 2.05) is 41.0 Å². The van der Waals surface area contributed by atoms with Crippen LogP contribution in [0.5, 0.6) is 0 Å². The zero-order valence-corrected chi connectivity index (χ0v) is 13.4. The number of piperidine rings is 1. The highest BCUT2D eigenvalue weighted by Crippen LogP contribution is 2.25. The number of carbonyl (C=O) groups is 1. The first-order chi connectivity index (χ1) is 11.3. The molecule has 1 amide bonds. The Morgan fingerprint density at radius 1 is 1.43 bits per heavy atom. The van der Waals surface area contributed by atoms with Crippen LogP contribution in [0.2, 0.25) is 0 Å². The summed E-state index contributed by atoms with van der Waals surface area (Å²) in [6.07, 6.45) is 7.63. The van der Waals surface area contributed by atoms with Gasteiger partial charge in [-0.2, -0.15) is 5.10 Å². The molecule has 0 radical (unpaired) electrons. The van der Waals surface area contributed by atoms with E-state index in [9.17, 15) is 4.79 Å². The zero-order valence-electron chi connectivity index (χ0n) is 12.6. The zero-order chi connectivity index (χ0) is 15.6. The van der Waals surface area contributed by atoms with E-state index >= 15 is 0 Å². The summed E-state index contributed by atoms with van der Waals surface area (Å²) in [5.41, 5.74) is 1.38. The minimum absolute atomic E-state index is 0.00567. The predicted molar refractivity (Wildman–Crippen MR) is 88.3 cm³/mol. The van der Waals surface area contributed by atoms with Gasteiger partial charge in [0, 0.05) is 25.5 Å². The molecular formula is C16H17N5OS. The molecule has 0 spiro atoms. The van der Waals surface area contributed by atoms with E-state index in [-0.39, 0.29) is 5.91 Å². The largest absolute Gasteiger partial charge is 0.335 e. The molecule has 4 heterocycles. The molecule has 0 aliphatic carbocycles. The lowest BCUT2D eigenvalue weighted by atomic mass is 10.1. The lowest BCUT2D eigenvalue weighted by molar-refractivity contribution is 0.0673. The second-order valence-corrected chi connectivity index (χ2v) is 6.65. The second kappa shape index (κ2) is 6.00. The number of nitrogens with zero attached hydrogens (tertiary/aromatic N) is 4. The van der Waals surface area contributed by atoms with Crippen LogP contribution in [0.1, 0.15) is 29.4 Å². The highest BCUT2D eigenvalue weighted by atomic mass is 32.1. The molecule has 0 saturated carbocycles. The average Bonchev–Trinajstić information content (AvgIpc) is 3.36. The summed E-state index contributed by atoms with van der Waals surface area (Å²) < 4.78 is 2.08. The average molecular weight is 327 g/mol. The molecule has 1 aliphatic heterocycles. The van der Waals surface area contributed by atoms with E-state index in [1.165, 1.54) is 0 Å². The number of rotatable bonds is 3. The molecule has 118 valence electrons. The van der Waals surface area contributed by atoms with Crippen molar-refractivity contribution in [1.29, 1.82) is 0 Å². The predicted octanol–water partition coefficient (Wildman–Crippen LogP) is 2.81. The SMILES string of the molecule is O=C(c1cc(-c2cccs2)[nH]n1)N1CCC[C@@H](n2ccnc2)C1. The highest BCUT2D eigenvalue weighted by Gasteiger charge is 2.26. The van der Waals surface area contributed by atoms with Crippen LogP contribution in [0.3, 0.4) is 0 Å². The second-order valence-electron chi connectivity index (χ2n) is 5.70. The fourth-order valence-corrected chi connectivity index (χ4v) is 3.71. The van der Waals surface area contributed by atoms with Crippen LogP contribution in [-0.4, -0.2) is 43.6 Å². The minimum Gasteiger partial charge on any atom is -0.335 e. The van der Waals surface area contributed by atoms with Crippen molar-refractivity contribution in [2.75, 3.05) is 13.1 Å². The van der Waals surface area contributed by atoms with Crippen LogP contribution in [-0.2, 0) is 0 Å². The lowest BCUT2D eigenvalue weighted by Gasteiger charge is -2.32. The third-order valence-corrected chi connectivity index (χ3v) is 5.12. The van der Waals surface area contributed by atoms with Crippen molar-refractivity contribution in [1.82, 2.24) is 24.6 Å². The van der Waals surface area contributed by atoms with Crippen LogP contribution in [0, 0.1) is 0 Å². The Labute approximate surface area is 137 Å². The molecule has 1 atom stereocenters. The van der Waals surface area contributed by atoms with E-state index in [0.717, 1.165) is 30.0 Å². The number of aromatic nitrogens is 4. The maximum atomic E-state index is 12.7. The summed E-state index contributed by atoms with van der Waals surface area (Å²) in [6.45, 7) is 1.49. The van der Waals surface area contributed by atoms with E-state index < -0.39 is 0 Å². The Morgan fingerprint density at radius 3 is 3.17 bits per heavy atom. The first kappa shape index (κ1) is 14.2. The van der Waals surface area contributed by atoms with Crippen LogP contribution in [0.25, 0.3) is 10.6 Å². The summed E-state index contributed by atoms with van der Waals surface area (Å²) in [7, 11) is 0. The van der Waals surface area contributed by atoms with E-state index in [0.29, 0.717) is 18.3 Å². The number of hydrogen-bond donors (Lipinski definition) is 1. The van der Waals surface area contributed by atoms with Crippen molar-refractivity contribution in [3.63, 3.8) is 0 Å². The number of imidazole rings is 1. The van der Waals surface area contributed by atoms with E-state index in [2.05, 4.69) is 19.7 Å². The number of amides is 1. The maximum absolute atomic E-state index is 12.7. The molecule has 7 heteroatoms. The van der Waals surface area contributed by atoms with Crippen LogP contribution in [0.4, 0.5) is 0 Å². The normalized spacial score (nSPS) is 18.3. The van der Waals surface area contributed by atoms with Crippen LogP contribution < -0.4 is 0 Å². The van der Waals surface area contributed by atoms with Gasteiger partial charge in [-0.25, -0.2) is 4.98 Å². The third kappa shape index (κ3) is 2.79. The fourth-order valence-electron chi connectivity index (χ4n) is 3.02. The molecule has 1 saturated heterocycles.